The molecule has 92 valence electrons. The number of nitrogens with zero attached hydrogens (tertiary/aromatic N) is 3. The number of hydrogen-bond acceptors (Lipinski definition) is 4. The van der Waals surface area contributed by atoms with Crippen molar-refractivity contribution in [1.29, 1.82) is 5.26 Å². The van der Waals surface area contributed by atoms with Crippen molar-refractivity contribution in [3.8, 4) is 28.8 Å². The van der Waals surface area contributed by atoms with E-state index >= 15 is 0 Å². The largest absolute Gasteiger partial charge is 0.497 e. The molecule has 1 aromatic heterocycles. The number of aromatic nitrogens is 2. The fourth-order valence-corrected chi connectivity index (χ4v) is 1.75. The minimum absolute atomic E-state index is 0.499. The van der Waals surface area contributed by atoms with E-state index in [1.807, 2.05) is 12.1 Å². The second-order valence-corrected chi connectivity index (χ2v) is 3.73. The van der Waals surface area contributed by atoms with Gasteiger partial charge in [0.2, 0.25) is 0 Å². The molecule has 1 heterocycles. The summed E-state index contributed by atoms with van der Waals surface area (Å²) in [4.78, 5) is 4.24. The molecular formula is C13H13N3O2. The second-order valence-electron chi connectivity index (χ2n) is 3.73. The summed E-state index contributed by atoms with van der Waals surface area (Å²) in [7, 11) is 4.95. The molecule has 0 atom stereocenters. The van der Waals surface area contributed by atoms with Gasteiger partial charge in [-0.3, -0.25) is 0 Å². The predicted molar refractivity (Wildman–Crippen MR) is 66.5 cm³/mol. The van der Waals surface area contributed by atoms with E-state index in [9.17, 15) is 0 Å². The third-order valence-corrected chi connectivity index (χ3v) is 2.71. The highest BCUT2D eigenvalue weighted by molar-refractivity contribution is 5.72. The third-order valence-electron chi connectivity index (χ3n) is 2.71. The molecule has 1 aromatic carbocycles. The monoisotopic (exact) mass is 243 g/mol. The molecule has 0 amide bonds. The van der Waals surface area contributed by atoms with Gasteiger partial charge in [-0.1, -0.05) is 0 Å². The molecule has 18 heavy (non-hydrogen) atoms. The Bertz CT molecular complexity index is 611. The Kier molecular flexibility index (Phi) is 3.20. The lowest BCUT2D eigenvalue weighted by Crippen LogP contribution is -1.94. The summed E-state index contributed by atoms with van der Waals surface area (Å²) in [6, 6.07) is 7.55. The van der Waals surface area contributed by atoms with Gasteiger partial charge >= 0.3 is 0 Å². The summed E-state index contributed by atoms with van der Waals surface area (Å²) in [6.45, 7) is 0. The van der Waals surface area contributed by atoms with Crippen LogP contribution in [0.2, 0.25) is 0 Å². The molecule has 0 fully saturated rings. The number of ether oxygens (including phenoxy) is 2. The van der Waals surface area contributed by atoms with Gasteiger partial charge in [0, 0.05) is 18.7 Å². The zero-order chi connectivity index (χ0) is 13.1. The minimum atomic E-state index is 0.499. The van der Waals surface area contributed by atoms with Crippen LogP contribution in [0.25, 0.3) is 11.3 Å². The highest BCUT2D eigenvalue weighted by atomic mass is 16.5. The SMILES string of the molecule is COc1ccc(-c2ncn(C)c2C#N)c(OC)c1. The Morgan fingerprint density at radius 3 is 2.67 bits per heavy atom. The lowest BCUT2D eigenvalue weighted by molar-refractivity contribution is 0.395. The molecule has 5 heteroatoms. The van der Waals surface area contributed by atoms with Crippen LogP contribution in [0.1, 0.15) is 5.69 Å². The van der Waals surface area contributed by atoms with E-state index in [0.717, 1.165) is 5.56 Å². The molecule has 0 saturated heterocycles. The van der Waals surface area contributed by atoms with Gasteiger partial charge in [-0.25, -0.2) is 4.98 Å². The number of rotatable bonds is 3. The van der Waals surface area contributed by atoms with Crippen molar-refractivity contribution < 1.29 is 9.47 Å². The van der Waals surface area contributed by atoms with Gasteiger partial charge in [0.1, 0.15) is 29.0 Å². The molecule has 0 unspecified atom stereocenters. The maximum Gasteiger partial charge on any atom is 0.147 e. The van der Waals surface area contributed by atoms with E-state index in [1.165, 1.54) is 0 Å². The Morgan fingerprint density at radius 2 is 2.06 bits per heavy atom. The van der Waals surface area contributed by atoms with Crippen molar-refractivity contribution in [2.75, 3.05) is 14.2 Å². The third kappa shape index (κ3) is 1.89. The maximum atomic E-state index is 9.14. The Hall–Kier alpha value is -2.48. The van der Waals surface area contributed by atoms with Gasteiger partial charge in [0.05, 0.1) is 20.5 Å². The molecule has 0 spiro atoms. The number of imidazole rings is 1. The van der Waals surface area contributed by atoms with Crippen molar-refractivity contribution in [2.24, 2.45) is 7.05 Å². The Labute approximate surface area is 105 Å². The lowest BCUT2D eigenvalue weighted by Gasteiger charge is -2.09. The molecule has 0 aliphatic heterocycles. The maximum absolute atomic E-state index is 9.14. The fourth-order valence-electron chi connectivity index (χ4n) is 1.75. The Balaban J connectivity index is 2.60. The fraction of sp³-hybridized carbons (Fsp3) is 0.231. The zero-order valence-corrected chi connectivity index (χ0v) is 10.5. The Morgan fingerprint density at radius 1 is 1.28 bits per heavy atom. The van der Waals surface area contributed by atoms with Gasteiger partial charge in [-0.2, -0.15) is 5.26 Å². The molecular weight excluding hydrogens is 230 g/mol. The van der Waals surface area contributed by atoms with Crippen LogP contribution in [0.5, 0.6) is 11.5 Å². The van der Waals surface area contributed by atoms with Crippen LogP contribution < -0.4 is 9.47 Å². The molecule has 0 bridgehead atoms. The molecule has 2 rings (SSSR count). The summed E-state index contributed by atoms with van der Waals surface area (Å²) >= 11 is 0. The van der Waals surface area contributed by atoms with Gasteiger partial charge in [-0.05, 0) is 12.1 Å². The minimum Gasteiger partial charge on any atom is -0.497 e. The lowest BCUT2D eigenvalue weighted by atomic mass is 10.1. The van der Waals surface area contributed by atoms with Gasteiger partial charge in [-0.15, -0.1) is 0 Å². The van der Waals surface area contributed by atoms with Crippen LogP contribution in [0.3, 0.4) is 0 Å². The summed E-state index contributed by atoms with van der Waals surface area (Å²) in [6.07, 6.45) is 1.61. The van der Waals surface area contributed by atoms with Crippen molar-refractivity contribution in [3.63, 3.8) is 0 Å². The van der Waals surface area contributed by atoms with E-state index in [-0.39, 0.29) is 0 Å². The first-order valence-corrected chi connectivity index (χ1v) is 5.35. The smallest absolute Gasteiger partial charge is 0.147 e. The van der Waals surface area contributed by atoms with Gasteiger partial charge in [0.25, 0.3) is 0 Å². The van der Waals surface area contributed by atoms with Crippen LogP contribution in [-0.2, 0) is 7.05 Å². The number of aryl methyl sites for hydroxylation is 1. The molecule has 0 aliphatic rings. The van der Waals surface area contributed by atoms with E-state index in [0.29, 0.717) is 22.9 Å². The van der Waals surface area contributed by atoms with E-state index < -0.39 is 0 Å². The van der Waals surface area contributed by atoms with Crippen LogP contribution in [0.4, 0.5) is 0 Å². The van der Waals surface area contributed by atoms with Crippen molar-refractivity contribution >= 4 is 0 Å². The number of nitriles is 1. The first-order valence-electron chi connectivity index (χ1n) is 5.35. The molecule has 0 N–H and O–H groups in total. The number of hydrogen-bond donors (Lipinski definition) is 0. The van der Waals surface area contributed by atoms with Crippen LogP contribution >= 0.6 is 0 Å². The normalized spacial score (nSPS) is 9.89. The average Bonchev–Trinajstić information content (AvgIpc) is 2.78. The number of benzene rings is 1. The first kappa shape index (κ1) is 12.0. The second kappa shape index (κ2) is 4.80. The quantitative estimate of drug-likeness (QED) is 0.827. The molecule has 2 aromatic rings. The summed E-state index contributed by atoms with van der Waals surface area (Å²) in [5.41, 5.74) is 1.88. The van der Waals surface area contributed by atoms with Crippen LogP contribution in [0.15, 0.2) is 24.5 Å². The summed E-state index contributed by atoms with van der Waals surface area (Å²) < 4.78 is 12.1. The van der Waals surface area contributed by atoms with E-state index in [4.69, 9.17) is 14.7 Å². The standard InChI is InChI=1S/C13H13N3O2/c1-16-8-15-13(11(16)7-14)10-5-4-9(17-2)6-12(10)18-3/h4-6,8H,1-3H3. The zero-order valence-electron chi connectivity index (χ0n) is 10.5. The van der Waals surface area contributed by atoms with Crippen LogP contribution in [-0.4, -0.2) is 23.8 Å². The topological polar surface area (TPSA) is 60.1 Å². The van der Waals surface area contributed by atoms with Crippen molar-refractivity contribution in [1.82, 2.24) is 9.55 Å². The average molecular weight is 243 g/mol. The summed E-state index contributed by atoms with van der Waals surface area (Å²) in [5.74, 6) is 1.33. The van der Waals surface area contributed by atoms with Gasteiger partial charge < -0.3 is 14.0 Å². The molecule has 0 saturated carbocycles. The van der Waals surface area contributed by atoms with Crippen molar-refractivity contribution in [3.05, 3.63) is 30.2 Å². The predicted octanol–water partition coefficient (Wildman–Crippen LogP) is 1.98. The van der Waals surface area contributed by atoms with Crippen molar-refractivity contribution in [2.45, 2.75) is 0 Å². The summed E-state index contributed by atoms with van der Waals surface area (Å²) in [5, 5.41) is 9.14. The van der Waals surface area contributed by atoms with Crippen LogP contribution in [0, 0.1) is 11.3 Å². The molecule has 0 radical (unpaired) electrons. The molecule has 5 nitrogen and oxygen atoms in total. The number of methoxy groups -OCH3 is 2. The first-order chi connectivity index (χ1) is 8.71. The molecule has 0 aliphatic carbocycles. The highest BCUT2D eigenvalue weighted by Gasteiger charge is 2.15. The van der Waals surface area contributed by atoms with Gasteiger partial charge in [0.15, 0.2) is 0 Å². The van der Waals surface area contributed by atoms with E-state index in [1.54, 1.807) is 38.2 Å². The van der Waals surface area contributed by atoms with E-state index in [2.05, 4.69) is 11.1 Å². The highest BCUT2D eigenvalue weighted by Crippen LogP contribution is 2.33.